The van der Waals surface area contributed by atoms with Crippen LogP contribution in [-0.4, -0.2) is 80.2 Å². The molecule has 2 N–H and O–H groups in total. The molecule has 0 unspecified atom stereocenters. The number of fused-ring (bicyclic) bond motifs is 1. The van der Waals surface area contributed by atoms with Gasteiger partial charge in [-0.3, -0.25) is 9.59 Å². The fourth-order valence-electron chi connectivity index (χ4n) is 3.70. The molecule has 0 spiro atoms. The van der Waals surface area contributed by atoms with Crippen LogP contribution in [0.3, 0.4) is 0 Å². The van der Waals surface area contributed by atoms with Gasteiger partial charge < -0.3 is 29.9 Å². The van der Waals surface area contributed by atoms with Crippen molar-refractivity contribution in [2.75, 3.05) is 45.7 Å². The SMILES string of the molecule is CCCNC(=O)Nc1ccc2c(c1)OC[C@H](C)N(C(C)=O)C[C@@H](C)[C@H](OC)CN(C)C2=O. The maximum absolute atomic E-state index is 13.2. The normalized spacial score (nSPS) is 22.2. The number of hydrogen-bond acceptors (Lipinski definition) is 5. The number of anilines is 1. The van der Waals surface area contributed by atoms with Crippen LogP contribution in [-0.2, 0) is 9.53 Å². The molecule has 0 aliphatic carbocycles. The fraction of sp³-hybridized carbons (Fsp3) is 0.609. The summed E-state index contributed by atoms with van der Waals surface area (Å²) in [6.07, 6.45) is 0.595. The smallest absolute Gasteiger partial charge is 0.319 e. The molecule has 1 aromatic carbocycles. The number of carbonyl (C=O) groups excluding carboxylic acids is 3. The number of likely N-dealkylation sites (N-methyl/N-ethyl adjacent to an activating group) is 1. The van der Waals surface area contributed by atoms with E-state index in [1.807, 2.05) is 20.8 Å². The van der Waals surface area contributed by atoms with E-state index in [9.17, 15) is 14.4 Å². The van der Waals surface area contributed by atoms with Crippen LogP contribution in [0.1, 0.15) is 44.5 Å². The molecule has 0 fully saturated rings. The summed E-state index contributed by atoms with van der Waals surface area (Å²) in [6.45, 7) is 9.07. The van der Waals surface area contributed by atoms with E-state index in [2.05, 4.69) is 10.6 Å². The minimum absolute atomic E-state index is 0.0220. The Kier molecular flexibility index (Phi) is 9.31. The molecule has 0 radical (unpaired) electrons. The van der Waals surface area contributed by atoms with E-state index in [1.54, 1.807) is 42.2 Å². The Labute approximate surface area is 190 Å². The number of rotatable bonds is 4. The molecular weight excluding hydrogens is 412 g/mol. The Morgan fingerprint density at radius 2 is 1.97 bits per heavy atom. The maximum Gasteiger partial charge on any atom is 0.319 e. The number of nitrogens with zero attached hydrogens (tertiary/aromatic N) is 2. The molecule has 1 heterocycles. The first-order valence-corrected chi connectivity index (χ1v) is 11.0. The van der Waals surface area contributed by atoms with Gasteiger partial charge in [0.15, 0.2) is 0 Å². The number of carbonyl (C=O) groups is 3. The molecule has 0 aromatic heterocycles. The van der Waals surface area contributed by atoms with Gasteiger partial charge in [0, 0.05) is 58.4 Å². The highest BCUT2D eigenvalue weighted by Crippen LogP contribution is 2.26. The molecule has 178 valence electrons. The van der Waals surface area contributed by atoms with Crippen LogP contribution in [0.2, 0.25) is 0 Å². The average Bonchev–Trinajstić information content (AvgIpc) is 2.76. The van der Waals surface area contributed by atoms with Gasteiger partial charge in [-0.25, -0.2) is 4.79 Å². The largest absolute Gasteiger partial charge is 0.491 e. The van der Waals surface area contributed by atoms with Crippen molar-refractivity contribution >= 4 is 23.5 Å². The molecule has 9 heteroatoms. The van der Waals surface area contributed by atoms with Gasteiger partial charge in [-0.15, -0.1) is 0 Å². The van der Waals surface area contributed by atoms with Gasteiger partial charge in [0.2, 0.25) is 5.91 Å². The summed E-state index contributed by atoms with van der Waals surface area (Å²) in [7, 11) is 3.33. The van der Waals surface area contributed by atoms with Crippen LogP contribution in [0.25, 0.3) is 0 Å². The molecular formula is C23H36N4O5. The zero-order valence-electron chi connectivity index (χ0n) is 19.9. The number of nitrogens with one attached hydrogen (secondary N) is 2. The fourth-order valence-corrected chi connectivity index (χ4v) is 3.70. The number of methoxy groups -OCH3 is 1. The highest BCUT2D eigenvalue weighted by atomic mass is 16.5. The van der Waals surface area contributed by atoms with E-state index in [0.717, 1.165) is 6.42 Å². The predicted octanol–water partition coefficient (Wildman–Crippen LogP) is 2.57. The Bertz CT molecular complexity index is 816. The van der Waals surface area contributed by atoms with Gasteiger partial charge >= 0.3 is 6.03 Å². The average molecular weight is 449 g/mol. The molecule has 0 saturated heterocycles. The van der Waals surface area contributed by atoms with Crippen LogP contribution < -0.4 is 15.4 Å². The van der Waals surface area contributed by atoms with E-state index < -0.39 is 0 Å². The van der Waals surface area contributed by atoms with E-state index >= 15 is 0 Å². The van der Waals surface area contributed by atoms with Crippen molar-refractivity contribution in [3.05, 3.63) is 23.8 Å². The lowest BCUT2D eigenvalue weighted by Crippen LogP contribution is -2.48. The summed E-state index contributed by atoms with van der Waals surface area (Å²) >= 11 is 0. The first-order chi connectivity index (χ1) is 15.2. The monoisotopic (exact) mass is 448 g/mol. The molecule has 1 aromatic rings. The molecule has 3 atom stereocenters. The van der Waals surface area contributed by atoms with Crippen LogP contribution in [0.4, 0.5) is 10.5 Å². The van der Waals surface area contributed by atoms with Crippen molar-refractivity contribution in [3.8, 4) is 5.75 Å². The van der Waals surface area contributed by atoms with Gasteiger partial charge in [-0.05, 0) is 25.5 Å². The second-order valence-corrected chi connectivity index (χ2v) is 8.36. The van der Waals surface area contributed by atoms with Gasteiger partial charge in [0.05, 0.1) is 17.7 Å². The third-order valence-electron chi connectivity index (χ3n) is 5.64. The van der Waals surface area contributed by atoms with E-state index in [-0.39, 0.29) is 42.5 Å². The van der Waals surface area contributed by atoms with Crippen molar-refractivity contribution in [3.63, 3.8) is 0 Å². The molecule has 1 aliphatic heterocycles. The molecule has 2 rings (SSSR count). The van der Waals surface area contributed by atoms with Crippen molar-refractivity contribution in [2.45, 2.75) is 46.3 Å². The Balaban J connectivity index is 2.38. The number of benzene rings is 1. The number of urea groups is 1. The molecule has 0 saturated carbocycles. The number of ether oxygens (including phenoxy) is 2. The lowest BCUT2D eigenvalue weighted by atomic mass is 10.0. The standard InChI is InChI=1S/C23H36N4O5/c1-7-10-24-23(30)25-18-8-9-19-20(11-18)32-14-16(3)27(17(4)28)12-15(2)21(31-6)13-26(5)22(19)29/h8-9,11,15-16,21H,7,10,12-14H2,1-6H3,(H2,24,25,30)/t15-,16+,21-/m1/s1. The summed E-state index contributed by atoms with van der Waals surface area (Å²) in [5.41, 5.74) is 0.899. The zero-order chi connectivity index (χ0) is 23.8. The maximum atomic E-state index is 13.2. The summed E-state index contributed by atoms with van der Waals surface area (Å²) in [6, 6.07) is 4.43. The molecule has 1 aliphatic rings. The van der Waals surface area contributed by atoms with Gasteiger partial charge in [0.25, 0.3) is 5.91 Å². The predicted molar refractivity (Wildman–Crippen MR) is 123 cm³/mol. The van der Waals surface area contributed by atoms with Gasteiger partial charge in [0.1, 0.15) is 12.4 Å². The Morgan fingerprint density at radius 3 is 2.59 bits per heavy atom. The van der Waals surface area contributed by atoms with E-state index in [1.165, 1.54) is 6.92 Å². The summed E-state index contributed by atoms with van der Waals surface area (Å²) in [5, 5.41) is 5.51. The van der Waals surface area contributed by atoms with E-state index in [0.29, 0.717) is 36.6 Å². The number of hydrogen-bond donors (Lipinski definition) is 2. The summed E-state index contributed by atoms with van der Waals surface area (Å²) in [4.78, 5) is 40.9. The first-order valence-electron chi connectivity index (χ1n) is 11.0. The van der Waals surface area contributed by atoms with Crippen molar-refractivity contribution in [1.82, 2.24) is 15.1 Å². The third kappa shape index (κ3) is 6.59. The topological polar surface area (TPSA) is 100 Å². The molecule has 4 amide bonds. The lowest BCUT2D eigenvalue weighted by Gasteiger charge is -2.35. The number of amides is 4. The summed E-state index contributed by atoms with van der Waals surface area (Å²) in [5.74, 6) is 0.127. The third-order valence-corrected chi connectivity index (χ3v) is 5.64. The molecule has 32 heavy (non-hydrogen) atoms. The zero-order valence-corrected chi connectivity index (χ0v) is 19.9. The van der Waals surface area contributed by atoms with Gasteiger partial charge in [-0.2, -0.15) is 0 Å². The first kappa shape index (κ1) is 25.5. The van der Waals surface area contributed by atoms with Crippen molar-refractivity contribution in [1.29, 1.82) is 0 Å². The van der Waals surface area contributed by atoms with E-state index in [4.69, 9.17) is 9.47 Å². The second-order valence-electron chi connectivity index (χ2n) is 8.36. The van der Waals surface area contributed by atoms with Crippen LogP contribution >= 0.6 is 0 Å². The van der Waals surface area contributed by atoms with Crippen molar-refractivity contribution < 1.29 is 23.9 Å². The van der Waals surface area contributed by atoms with Crippen molar-refractivity contribution in [2.24, 2.45) is 5.92 Å². The quantitative estimate of drug-likeness (QED) is 0.737. The minimum Gasteiger partial charge on any atom is -0.491 e. The molecule has 9 nitrogen and oxygen atoms in total. The van der Waals surface area contributed by atoms with Crippen LogP contribution in [0.5, 0.6) is 5.75 Å². The minimum atomic E-state index is -0.323. The summed E-state index contributed by atoms with van der Waals surface area (Å²) < 4.78 is 11.7. The van der Waals surface area contributed by atoms with Crippen LogP contribution in [0.15, 0.2) is 18.2 Å². The van der Waals surface area contributed by atoms with Gasteiger partial charge in [-0.1, -0.05) is 13.8 Å². The highest BCUT2D eigenvalue weighted by Gasteiger charge is 2.29. The highest BCUT2D eigenvalue weighted by molar-refractivity contribution is 5.98. The molecule has 0 bridgehead atoms. The Morgan fingerprint density at radius 1 is 1.25 bits per heavy atom. The second kappa shape index (κ2) is 11.7. The Hall–Kier alpha value is -2.81. The van der Waals surface area contributed by atoms with Crippen LogP contribution in [0, 0.1) is 5.92 Å². The lowest BCUT2D eigenvalue weighted by molar-refractivity contribution is -0.133.